The van der Waals surface area contributed by atoms with Gasteiger partial charge in [-0.25, -0.2) is 4.99 Å². The molecule has 0 radical (unpaired) electrons. The van der Waals surface area contributed by atoms with Crippen LogP contribution in [0.2, 0.25) is 0 Å². The van der Waals surface area contributed by atoms with E-state index < -0.39 is 29.9 Å². The highest BCUT2D eigenvalue weighted by Crippen LogP contribution is 2.36. The van der Waals surface area contributed by atoms with Crippen molar-refractivity contribution in [2.24, 2.45) is 28.3 Å². The molecule has 0 aromatic carbocycles. The van der Waals surface area contributed by atoms with Crippen LogP contribution < -0.4 is 16.8 Å². The monoisotopic (exact) mass is 325 g/mol. The fraction of sp³-hybridized carbons (Fsp3) is 0.714. The molecule has 0 aromatic rings. The molecule has 9 heteroatoms. The van der Waals surface area contributed by atoms with Crippen molar-refractivity contribution in [2.45, 2.75) is 38.3 Å². The van der Waals surface area contributed by atoms with Crippen LogP contribution in [0.5, 0.6) is 0 Å². The first-order valence-electron chi connectivity index (χ1n) is 7.67. The van der Waals surface area contributed by atoms with E-state index in [1.54, 1.807) is 4.90 Å². The lowest BCUT2D eigenvalue weighted by atomic mass is 9.91. The molecule has 1 heterocycles. The summed E-state index contributed by atoms with van der Waals surface area (Å²) in [5.41, 5.74) is 10.9. The van der Waals surface area contributed by atoms with Crippen molar-refractivity contribution in [3.05, 3.63) is 0 Å². The summed E-state index contributed by atoms with van der Waals surface area (Å²) in [6.45, 7) is 2.63. The van der Waals surface area contributed by atoms with E-state index >= 15 is 0 Å². The van der Waals surface area contributed by atoms with Gasteiger partial charge in [-0.1, -0.05) is 0 Å². The Kier molecular flexibility index (Phi) is 5.07. The first kappa shape index (κ1) is 17.0. The van der Waals surface area contributed by atoms with Gasteiger partial charge in [0.25, 0.3) is 0 Å². The second-order valence-corrected chi connectivity index (χ2v) is 6.15. The quantitative estimate of drug-likeness (QED) is 0.356. The van der Waals surface area contributed by atoms with Crippen LogP contribution in [0.15, 0.2) is 4.99 Å². The van der Waals surface area contributed by atoms with E-state index in [1.807, 2.05) is 0 Å². The average molecular weight is 325 g/mol. The molecule has 1 saturated heterocycles. The molecule has 9 nitrogen and oxygen atoms in total. The largest absolute Gasteiger partial charge is 0.481 e. The summed E-state index contributed by atoms with van der Waals surface area (Å²) in [4.78, 5) is 41.2. The van der Waals surface area contributed by atoms with Gasteiger partial charge < -0.3 is 26.8 Å². The van der Waals surface area contributed by atoms with Gasteiger partial charge in [0.1, 0.15) is 6.04 Å². The molecular weight excluding hydrogens is 302 g/mol. The van der Waals surface area contributed by atoms with Crippen LogP contribution in [0.25, 0.3) is 0 Å². The van der Waals surface area contributed by atoms with Crippen molar-refractivity contribution in [3.63, 3.8) is 0 Å². The number of nitrogens with one attached hydrogen (secondary N) is 1. The van der Waals surface area contributed by atoms with E-state index in [2.05, 4.69) is 10.3 Å². The second kappa shape index (κ2) is 6.84. The lowest BCUT2D eigenvalue weighted by Gasteiger charge is -2.37. The Hall–Kier alpha value is -2.32. The predicted octanol–water partition coefficient (Wildman–Crippen LogP) is -1.52. The lowest BCUT2D eigenvalue weighted by Crippen LogP contribution is -2.56. The van der Waals surface area contributed by atoms with Crippen LogP contribution in [0, 0.1) is 11.8 Å². The molecule has 1 saturated carbocycles. The van der Waals surface area contributed by atoms with Crippen LogP contribution in [0.1, 0.15) is 26.2 Å². The van der Waals surface area contributed by atoms with Crippen molar-refractivity contribution in [1.29, 1.82) is 0 Å². The molecule has 128 valence electrons. The maximum Gasteiger partial charge on any atom is 0.306 e. The van der Waals surface area contributed by atoms with E-state index in [0.717, 1.165) is 6.42 Å². The minimum Gasteiger partial charge on any atom is -0.481 e. The molecule has 1 aliphatic heterocycles. The van der Waals surface area contributed by atoms with E-state index in [-0.39, 0.29) is 30.6 Å². The van der Waals surface area contributed by atoms with Gasteiger partial charge >= 0.3 is 5.97 Å². The Morgan fingerprint density at radius 1 is 1.26 bits per heavy atom. The number of rotatable bonds is 5. The topological polar surface area (TPSA) is 151 Å². The Balaban J connectivity index is 2.25. The van der Waals surface area contributed by atoms with Crippen molar-refractivity contribution >= 4 is 23.7 Å². The lowest BCUT2D eigenvalue weighted by molar-refractivity contribution is -0.143. The highest BCUT2D eigenvalue weighted by atomic mass is 16.4. The Morgan fingerprint density at radius 2 is 1.91 bits per heavy atom. The van der Waals surface area contributed by atoms with Crippen LogP contribution in [0.4, 0.5) is 0 Å². The zero-order valence-electron chi connectivity index (χ0n) is 13.1. The van der Waals surface area contributed by atoms with Gasteiger partial charge in [-0.2, -0.15) is 0 Å². The number of nitrogens with zero attached hydrogens (tertiary/aromatic N) is 2. The Labute approximate surface area is 134 Å². The number of likely N-dealkylation sites (tertiary alicyclic amines) is 1. The first-order chi connectivity index (χ1) is 10.8. The van der Waals surface area contributed by atoms with E-state index in [4.69, 9.17) is 11.5 Å². The van der Waals surface area contributed by atoms with E-state index in [0.29, 0.717) is 13.1 Å². The Morgan fingerprint density at radius 3 is 2.35 bits per heavy atom. The summed E-state index contributed by atoms with van der Waals surface area (Å²) in [5, 5.41) is 11.9. The summed E-state index contributed by atoms with van der Waals surface area (Å²) >= 11 is 0. The molecule has 2 fully saturated rings. The van der Waals surface area contributed by atoms with E-state index in [9.17, 15) is 19.5 Å². The highest BCUT2D eigenvalue weighted by molar-refractivity contribution is 5.88. The molecule has 2 rings (SSSR count). The predicted molar refractivity (Wildman–Crippen MR) is 82.2 cm³/mol. The molecule has 0 aromatic heterocycles. The fourth-order valence-electron chi connectivity index (χ4n) is 3.25. The van der Waals surface area contributed by atoms with Crippen molar-refractivity contribution < 1.29 is 19.5 Å². The SMILES string of the molecule is CC(=O)NC(C(=O)N1CCC1)[C@H]1CC(C(=O)O)C[C@@H]1N=C(N)N. The highest BCUT2D eigenvalue weighted by Gasteiger charge is 2.46. The van der Waals surface area contributed by atoms with Crippen LogP contribution in [-0.4, -0.2) is 58.9 Å². The average Bonchev–Trinajstić information content (AvgIpc) is 2.76. The first-order valence-corrected chi connectivity index (χ1v) is 7.67. The minimum absolute atomic E-state index is 0.149. The molecule has 2 unspecified atom stereocenters. The molecule has 4 atom stereocenters. The zero-order valence-corrected chi connectivity index (χ0v) is 13.1. The molecule has 23 heavy (non-hydrogen) atoms. The number of hydrogen-bond acceptors (Lipinski definition) is 4. The number of carboxylic acid groups (broad SMARTS) is 1. The number of carbonyl (C=O) groups is 3. The van der Waals surface area contributed by atoms with Crippen molar-refractivity contribution in [3.8, 4) is 0 Å². The number of nitrogens with two attached hydrogens (primary N) is 2. The molecule has 0 spiro atoms. The van der Waals surface area contributed by atoms with Crippen LogP contribution >= 0.6 is 0 Å². The normalized spacial score (nSPS) is 27.7. The van der Waals surface area contributed by atoms with Crippen molar-refractivity contribution in [1.82, 2.24) is 10.2 Å². The van der Waals surface area contributed by atoms with Crippen LogP contribution in [-0.2, 0) is 14.4 Å². The fourth-order valence-corrected chi connectivity index (χ4v) is 3.25. The molecule has 0 bridgehead atoms. The van der Waals surface area contributed by atoms with Crippen molar-refractivity contribution in [2.75, 3.05) is 13.1 Å². The summed E-state index contributed by atoms with van der Waals surface area (Å²) in [5.74, 6) is -2.70. The molecule has 2 aliphatic rings. The number of aliphatic imine (C=N–C) groups is 1. The molecule has 6 N–H and O–H groups in total. The summed E-state index contributed by atoms with van der Waals surface area (Å²) < 4.78 is 0. The van der Waals surface area contributed by atoms with Gasteiger partial charge in [-0.15, -0.1) is 0 Å². The van der Waals surface area contributed by atoms with Gasteiger partial charge in [-0.3, -0.25) is 14.4 Å². The van der Waals surface area contributed by atoms with Crippen LogP contribution in [0.3, 0.4) is 0 Å². The van der Waals surface area contributed by atoms with Gasteiger partial charge in [0.15, 0.2) is 5.96 Å². The van der Waals surface area contributed by atoms with Gasteiger partial charge in [-0.05, 0) is 19.3 Å². The number of guanidine groups is 1. The molecule has 1 aliphatic carbocycles. The number of hydrogen-bond donors (Lipinski definition) is 4. The Bertz CT molecular complexity index is 527. The third-order valence-corrected chi connectivity index (χ3v) is 4.46. The summed E-state index contributed by atoms with van der Waals surface area (Å²) in [6, 6.07) is -1.30. The summed E-state index contributed by atoms with van der Waals surface area (Å²) in [6.07, 6.45) is 1.43. The maximum atomic E-state index is 12.6. The van der Waals surface area contributed by atoms with Gasteiger partial charge in [0, 0.05) is 25.9 Å². The standard InChI is InChI=1S/C14H23N5O4/c1-7(20)17-11(12(21)19-3-2-4-19)9-5-8(13(22)23)6-10(9)18-14(15)16/h8-11H,2-6H2,1H3,(H,17,20)(H,22,23)(H4,15,16,18)/t8?,9-,10-,11?/m0/s1. The smallest absolute Gasteiger partial charge is 0.306 e. The number of carbonyl (C=O) groups excluding carboxylic acids is 2. The third kappa shape index (κ3) is 3.91. The minimum atomic E-state index is -0.943. The van der Waals surface area contributed by atoms with Gasteiger partial charge in [0.05, 0.1) is 12.0 Å². The second-order valence-electron chi connectivity index (χ2n) is 6.15. The third-order valence-electron chi connectivity index (χ3n) is 4.46. The number of aliphatic carboxylic acids is 1. The summed E-state index contributed by atoms with van der Waals surface area (Å²) in [7, 11) is 0. The molecular formula is C14H23N5O4. The van der Waals surface area contributed by atoms with Gasteiger partial charge in [0.2, 0.25) is 11.8 Å². The zero-order chi connectivity index (χ0) is 17.1. The van der Waals surface area contributed by atoms with E-state index in [1.165, 1.54) is 6.92 Å². The number of carboxylic acids is 1. The molecule has 2 amide bonds. The number of amides is 2. The maximum absolute atomic E-state index is 12.6.